The summed E-state index contributed by atoms with van der Waals surface area (Å²) < 4.78 is 10.3. The van der Waals surface area contributed by atoms with Gasteiger partial charge in [0.2, 0.25) is 0 Å². The largest absolute Gasteiger partial charge is 0.504 e. The third-order valence-corrected chi connectivity index (χ3v) is 4.64. The minimum atomic E-state index is -0.0828. The third kappa shape index (κ3) is 4.15. The molecule has 0 bridgehead atoms. The molecule has 27 heavy (non-hydrogen) atoms. The fourth-order valence-corrected chi connectivity index (χ4v) is 3.23. The molecule has 1 unspecified atom stereocenters. The Kier molecular flexibility index (Phi) is 6.16. The van der Waals surface area contributed by atoms with E-state index in [0.29, 0.717) is 23.6 Å². The summed E-state index contributed by atoms with van der Waals surface area (Å²) in [4.78, 5) is 6.65. The summed E-state index contributed by atoms with van der Waals surface area (Å²) >= 11 is 0. The maximum absolute atomic E-state index is 10.4. The van der Waals surface area contributed by atoms with E-state index in [4.69, 9.17) is 9.47 Å². The fourth-order valence-electron chi connectivity index (χ4n) is 3.23. The Labute approximate surface area is 158 Å². The average Bonchev–Trinajstić information content (AvgIpc) is 3.15. The molecule has 0 radical (unpaired) electrons. The van der Waals surface area contributed by atoms with E-state index in [1.807, 2.05) is 18.2 Å². The molecule has 1 saturated heterocycles. The maximum Gasteiger partial charge on any atom is 0.166 e. The van der Waals surface area contributed by atoms with E-state index in [-0.39, 0.29) is 17.7 Å². The van der Waals surface area contributed by atoms with Gasteiger partial charge in [0.15, 0.2) is 23.0 Å². The molecule has 1 aliphatic rings. The Hall–Kier alpha value is -2.77. The second kappa shape index (κ2) is 8.75. The van der Waals surface area contributed by atoms with Gasteiger partial charge in [-0.25, -0.2) is 0 Å². The fraction of sp³-hybridized carbons (Fsp3) is 0.350. The Balaban J connectivity index is 1.64. The highest BCUT2D eigenvalue weighted by Crippen LogP contribution is 2.35. The quantitative estimate of drug-likeness (QED) is 0.647. The summed E-state index contributed by atoms with van der Waals surface area (Å²) in [5, 5.41) is 23.9. The highest BCUT2D eigenvalue weighted by atomic mass is 16.5. The van der Waals surface area contributed by atoms with Crippen LogP contribution < -0.4 is 14.8 Å². The molecule has 1 fully saturated rings. The Morgan fingerprint density at radius 1 is 1.11 bits per heavy atom. The monoisotopic (exact) mass is 371 g/mol. The number of nitrogens with zero attached hydrogens (tertiary/aromatic N) is 2. The molecule has 1 aliphatic heterocycles. The minimum Gasteiger partial charge on any atom is -0.504 e. The molecule has 2 aromatic carbocycles. The number of ether oxygens (including phenoxy) is 2. The van der Waals surface area contributed by atoms with Crippen LogP contribution in [0, 0.1) is 0 Å². The molecule has 2 aromatic rings. The second-order valence-corrected chi connectivity index (χ2v) is 6.22. The van der Waals surface area contributed by atoms with E-state index in [1.54, 1.807) is 31.5 Å². The molecule has 3 rings (SSSR count). The number of para-hydroxylation sites is 2. The van der Waals surface area contributed by atoms with E-state index < -0.39 is 0 Å². The number of hydrogen-bond acceptors (Lipinski definition) is 7. The summed E-state index contributed by atoms with van der Waals surface area (Å²) in [7, 11) is 3.06. The van der Waals surface area contributed by atoms with Crippen molar-refractivity contribution in [2.45, 2.75) is 6.17 Å². The zero-order valence-corrected chi connectivity index (χ0v) is 15.6. The molecule has 0 aromatic heterocycles. The number of phenolic OH excluding ortho intramolecular Hbond substituents is 2. The summed E-state index contributed by atoms with van der Waals surface area (Å²) in [6.07, 6.45) is 1.57. The topological polar surface area (TPSA) is 86.6 Å². The van der Waals surface area contributed by atoms with Gasteiger partial charge in [0.05, 0.1) is 26.9 Å². The molecule has 0 saturated carbocycles. The molecule has 0 aliphatic carbocycles. The van der Waals surface area contributed by atoms with Crippen molar-refractivity contribution in [1.29, 1.82) is 0 Å². The number of aromatic hydroxyl groups is 2. The van der Waals surface area contributed by atoms with Crippen LogP contribution in [0.2, 0.25) is 0 Å². The molecule has 1 heterocycles. The molecule has 1 atom stereocenters. The minimum absolute atomic E-state index is 0.0828. The standard InChI is InChI=1S/C20H25N3O4/c1-26-16-7-3-5-14(18(16)24)13-21-9-11-23-12-10-22-20(23)15-6-4-8-17(27-2)19(15)25/h3-8,13,20,22,24-25H,9-12H2,1-2H3. The average molecular weight is 371 g/mol. The van der Waals surface area contributed by atoms with Crippen molar-refractivity contribution in [3.63, 3.8) is 0 Å². The zero-order valence-electron chi connectivity index (χ0n) is 15.6. The van der Waals surface area contributed by atoms with Crippen LogP contribution in [0.25, 0.3) is 0 Å². The van der Waals surface area contributed by atoms with Crippen molar-refractivity contribution < 1.29 is 19.7 Å². The van der Waals surface area contributed by atoms with Gasteiger partial charge in [-0.3, -0.25) is 15.2 Å². The van der Waals surface area contributed by atoms with Crippen molar-refractivity contribution >= 4 is 6.21 Å². The maximum atomic E-state index is 10.4. The van der Waals surface area contributed by atoms with Crippen molar-refractivity contribution in [1.82, 2.24) is 10.2 Å². The van der Waals surface area contributed by atoms with E-state index in [1.165, 1.54) is 7.11 Å². The lowest BCUT2D eigenvalue weighted by atomic mass is 10.1. The molecule has 7 heteroatoms. The lowest BCUT2D eigenvalue weighted by Gasteiger charge is -2.24. The van der Waals surface area contributed by atoms with E-state index in [0.717, 1.165) is 25.2 Å². The highest BCUT2D eigenvalue weighted by molar-refractivity contribution is 5.84. The van der Waals surface area contributed by atoms with Gasteiger partial charge in [-0.2, -0.15) is 0 Å². The summed E-state index contributed by atoms with van der Waals surface area (Å²) in [5.74, 6) is 1.14. The number of methoxy groups -OCH3 is 2. The molecule has 0 amide bonds. The van der Waals surface area contributed by atoms with Crippen LogP contribution in [-0.2, 0) is 0 Å². The van der Waals surface area contributed by atoms with Gasteiger partial charge in [0.1, 0.15) is 0 Å². The first-order chi connectivity index (χ1) is 13.2. The number of benzene rings is 2. The van der Waals surface area contributed by atoms with Crippen LogP contribution in [0.3, 0.4) is 0 Å². The first kappa shape index (κ1) is 19.0. The smallest absolute Gasteiger partial charge is 0.166 e. The number of aliphatic imine (C=N–C) groups is 1. The van der Waals surface area contributed by atoms with E-state index >= 15 is 0 Å². The van der Waals surface area contributed by atoms with E-state index in [2.05, 4.69) is 15.2 Å². The summed E-state index contributed by atoms with van der Waals surface area (Å²) in [6, 6.07) is 10.8. The number of hydrogen-bond donors (Lipinski definition) is 3. The summed E-state index contributed by atoms with van der Waals surface area (Å²) in [6.45, 7) is 2.98. The van der Waals surface area contributed by atoms with Crippen LogP contribution in [0.1, 0.15) is 17.3 Å². The zero-order chi connectivity index (χ0) is 19.2. The molecular formula is C20H25N3O4. The predicted octanol–water partition coefficient (Wildman–Crippen LogP) is 2.14. The molecule has 0 spiro atoms. The molecular weight excluding hydrogens is 346 g/mol. The van der Waals surface area contributed by atoms with Crippen LogP contribution >= 0.6 is 0 Å². The van der Waals surface area contributed by atoms with Gasteiger partial charge < -0.3 is 19.7 Å². The number of rotatable bonds is 7. The lowest BCUT2D eigenvalue weighted by Crippen LogP contribution is -2.29. The molecule has 144 valence electrons. The van der Waals surface area contributed by atoms with Crippen molar-refractivity contribution in [2.24, 2.45) is 4.99 Å². The number of nitrogens with one attached hydrogen (secondary N) is 1. The first-order valence-corrected chi connectivity index (χ1v) is 8.84. The predicted molar refractivity (Wildman–Crippen MR) is 104 cm³/mol. The normalized spacial score (nSPS) is 17.5. The van der Waals surface area contributed by atoms with Crippen LogP contribution in [0.15, 0.2) is 41.4 Å². The van der Waals surface area contributed by atoms with Crippen molar-refractivity contribution in [3.05, 3.63) is 47.5 Å². The van der Waals surface area contributed by atoms with Gasteiger partial charge in [0.25, 0.3) is 0 Å². The Morgan fingerprint density at radius 2 is 1.81 bits per heavy atom. The molecule has 3 N–H and O–H groups in total. The van der Waals surface area contributed by atoms with Gasteiger partial charge in [-0.05, 0) is 18.2 Å². The SMILES string of the molecule is COc1cccc(C=NCCN2CCNC2c2cccc(OC)c2O)c1O. The van der Waals surface area contributed by atoms with Gasteiger partial charge in [0, 0.05) is 37.0 Å². The number of phenols is 2. The first-order valence-electron chi connectivity index (χ1n) is 8.84. The summed E-state index contributed by atoms with van der Waals surface area (Å²) in [5.41, 5.74) is 1.41. The van der Waals surface area contributed by atoms with Gasteiger partial charge >= 0.3 is 0 Å². The lowest BCUT2D eigenvalue weighted by molar-refractivity contribution is 0.245. The molecule has 7 nitrogen and oxygen atoms in total. The van der Waals surface area contributed by atoms with E-state index in [9.17, 15) is 10.2 Å². The Bertz CT molecular complexity index is 810. The highest BCUT2D eigenvalue weighted by Gasteiger charge is 2.28. The second-order valence-electron chi connectivity index (χ2n) is 6.22. The van der Waals surface area contributed by atoms with Crippen LogP contribution in [-0.4, -0.2) is 61.7 Å². The Morgan fingerprint density at radius 3 is 2.56 bits per heavy atom. The van der Waals surface area contributed by atoms with Crippen molar-refractivity contribution in [2.75, 3.05) is 40.4 Å². The third-order valence-electron chi connectivity index (χ3n) is 4.64. The van der Waals surface area contributed by atoms with Gasteiger partial charge in [-0.15, -0.1) is 0 Å². The van der Waals surface area contributed by atoms with Crippen molar-refractivity contribution in [3.8, 4) is 23.0 Å². The van der Waals surface area contributed by atoms with Crippen LogP contribution in [0.5, 0.6) is 23.0 Å². The van der Waals surface area contributed by atoms with Gasteiger partial charge in [-0.1, -0.05) is 18.2 Å². The van der Waals surface area contributed by atoms with Crippen LogP contribution in [0.4, 0.5) is 0 Å².